The third-order valence-corrected chi connectivity index (χ3v) is 5.33. The van der Waals surface area contributed by atoms with Gasteiger partial charge in [0.25, 0.3) is 0 Å². The fraction of sp³-hybridized carbons (Fsp3) is 0.529. The van der Waals surface area contributed by atoms with Crippen molar-refractivity contribution < 1.29 is 9.00 Å². The van der Waals surface area contributed by atoms with Crippen molar-refractivity contribution in [1.29, 1.82) is 5.26 Å². The summed E-state index contributed by atoms with van der Waals surface area (Å²) in [6, 6.07) is 9.11. The summed E-state index contributed by atoms with van der Waals surface area (Å²) in [5, 5.41) is 8.88. The number of nitrogens with zero attached hydrogens (tertiary/aromatic N) is 3. The van der Waals surface area contributed by atoms with E-state index in [9.17, 15) is 9.00 Å². The van der Waals surface area contributed by atoms with Gasteiger partial charge in [-0.25, -0.2) is 0 Å². The van der Waals surface area contributed by atoms with Crippen LogP contribution in [0.15, 0.2) is 24.3 Å². The van der Waals surface area contributed by atoms with Crippen LogP contribution in [-0.4, -0.2) is 52.7 Å². The number of piperidine rings is 1. The molecule has 3 atom stereocenters. The average Bonchev–Trinajstić information content (AvgIpc) is 2.54. The summed E-state index contributed by atoms with van der Waals surface area (Å²) < 4.78 is 11.4. The highest BCUT2D eigenvalue weighted by Gasteiger charge is 2.34. The highest BCUT2D eigenvalue weighted by Crippen LogP contribution is 2.24. The number of hydrogen-bond donors (Lipinski definition) is 0. The first-order chi connectivity index (χ1) is 10.9. The second-order valence-electron chi connectivity index (χ2n) is 6.06. The normalized spacial score (nSPS) is 21.1. The van der Waals surface area contributed by atoms with Gasteiger partial charge in [0.15, 0.2) is 0 Å². The maximum Gasteiger partial charge on any atom is 0.244 e. The Labute approximate surface area is 140 Å². The van der Waals surface area contributed by atoms with Crippen molar-refractivity contribution in [2.24, 2.45) is 0 Å². The molecule has 0 aromatic heterocycles. The Balaban J connectivity index is 2.14. The smallest absolute Gasteiger partial charge is 0.244 e. The maximum atomic E-state index is 12.9. The lowest BCUT2D eigenvalue weighted by molar-refractivity contribution is -0.125. The zero-order valence-electron chi connectivity index (χ0n) is 13.9. The van der Waals surface area contributed by atoms with E-state index in [4.69, 9.17) is 5.26 Å². The van der Waals surface area contributed by atoms with Gasteiger partial charge in [-0.15, -0.1) is 0 Å². The molecule has 1 aliphatic heterocycles. The minimum Gasteiger partial charge on any atom is -0.311 e. The van der Waals surface area contributed by atoms with Gasteiger partial charge in [-0.1, -0.05) is 0 Å². The van der Waals surface area contributed by atoms with Crippen molar-refractivity contribution in [2.45, 2.75) is 31.8 Å². The van der Waals surface area contributed by atoms with Gasteiger partial charge in [0.2, 0.25) is 5.91 Å². The van der Waals surface area contributed by atoms with Crippen molar-refractivity contribution in [3.8, 4) is 6.07 Å². The summed E-state index contributed by atoms with van der Waals surface area (Å²) in [4.78, 5) is 16.7. The van der Waals surface area contributed by atoms with Crippen molar-refractivity contribution in [3.63, 3.8) is 0 Å². The lowest BCUT2D eigenvalue weighted by Gasteiger charge is -2.39. The van der Waals surface area contributed by atoms with Crippen molar-refractivity contribution in [3.05, 3.63) is 29.8 Å². The molecule has 6 heteroatoms. The molecule has 0 aliphatic carbocycles. The molecule has 2 rings (SSSR count). The molecular weight excluding hydrogens is 310 g/mol. The van der Waals surface area contributed by atoms with Gasteiger partial charge in [-0.3, -0.25) is 13.9 Å². The summed E-state index contributed by atoms with van der Waals surface area (Å²) in [5.74, 6) is 0.647. The molecule has 1 aliphatic rings. The Morgan fingerprint density at radius 2 is 2.09 bits per heavy atom. The molecule has 5 nitrogen and oxygen atoms in total. The molecule has 1 saturated heterocycles. The summed E-state index contributed by atoms with van der Waals surface area (Å²) in [5.41, 5.74) is 1.42. The molecule has 1 fully saturated rings. The van der Waals surface area contributed by atoms with Crippen molar-refractivity contribution >= 4 is 22.4 Å². The zero-order valence-corrected chi connectivity index (χ0v) is 14.7. The van der Waals surface area contributed by atoms with Gasteiger partial charge in [-0.2, -0.15) is 5.26 Å². The van der Waals surface area contributed by atoms with Crippen LogP contribution in [0.2, 0.25) is 0 Å². The molecule has 0 bridgehead atoms. The van der Waals surface area contributed by atoms with E-state index in [0.29, 0.717) is 17.9 Å². The first kappa shape index (κ1) is 17.6. The monoisotopic (exact) mass is 333 g/mol. The van der Waals surface area contributed by atoms with Crippen LogP contribution >= 0.6 is 0 Å². The lowest BCUT2D eigenvalue weighted by atomic mass is 10.0. The predicted molar refractivity (Wildman–Crippen MR) is 92.7 cm³/mol. The van der Waals surface area contributed by atoms with Crippen molar-refractivity contribution in [2.75, 3.05) is 30.5 Å². The highest BCUT2D eigenvalue weighted by atomic mass is 32.2. The van der Waals surface area contributed by atoms with Gasteiger partial charge in [0.1, 0.15) is 0 Å². The van der Waals surface area contributed by atoms with Crippen LogP contribution in [0.4, 0.5) is 5.69 Å². The van der Waals surface area contributed by atoms with Gasteiger partial charge in [-0.05, 0) is 51.1 Å². The summed E-state index contributed by atoms with van der Waals surface area (Å²) in [6.45, 7) is 2.71. The molecule has 0 N–H and O–H groups in total. The van der Waals surface area contributed by atoms with Crippen molar-refractivity contribution in [1.82, 2.24) is 4.90 Å². The van der Waals surface area contributed by atoms with Crippen LogP contribution in [0.5, 0.6) is 0 Å². The summed E-state index contributed by atoms with van der Waals surface area (Å²) in [7, 11) is 1.06. The number of nitriles is 1. The standard InChI is InChI=1S/C17H23N3O2S/c1-13(12-23(3)22)19(2)16-5-4-10-20(17(16)21)15-8-6-14(11-18)7-9-15/h6-9,13,16H,4-5,10,12H2,1-3H3/t13-,16-,23-/m1/s1. The highest BCUT2D eigenvalue weighted by molar-refractivity contribution is 7.84. The van der Waals surface area contributed by atoms with E-state index in [0.717, 1.165) is 18.5 Å². The molecule has 0 unspecified atom stereocenters. The third kappa shape index (κ3) is 4.18. The molecular formula is C17H23N3O2S. The van der Waals surface area contributed by atoms with E-state index in [-0.39, 0.29) is 18.0 Å². The lowest BCUT2D eigenvalue weighted by Crippen LogP contribution is -2.54. The molecule has 1 heterocycles. The number of benzene rings is 1. The molecule has 124 valence electrons. The first-order valence-corrected chi connectivity index (χ1v) is 9.50. The average molecular weight is 333 g/mol. The SMILES string of the molecule is C[C@H](C[S@@](C)=O)N(C)[C@@H]1CCCN(c2ccc(C#N)cc2)C1=O. The predicted octanol–water partition coefficient (Wildman–Crippen LogP) is 1.75. The maximum absolute atomic E-state index is 12.9. The third-order valence-electron chi connectivity index (χ3n) is 4.38. The van der Waals surface area contributed by atoms with E-state index in [1.807, 2.05) is 31.0 Å². The number of carbonyl (C=O) groups excluding carboxylic acids is 1. The minimum atomic E-state index is -0.878. The zero-order chi connectivity index (χ0) is 17.0. The molecule has 1 amide bonds. The van der Waals surface area contributed by atoms with E-state index in [1.165, 1.54) is 0 Å². The number of amides is 1. The summed E-state index contributed by atoms with van der Waals surface area (Å²) >= 11 is 0. The fourth-order valence-electron chi connectivity index (χ4n) is 2.97. The topological polar surface area (TPSA) is 64.4 Å². The quantitative estimate of drug-likeness (QED) is 0.823. The number of likely N-dealkylation sites (N-methyl/N-ethyl adjacent to an activating group) is 1. The molecule has 23 heavy (non-hydrogen) atoms. The van der Waals surface area contributed by atoms with Crippen LogP contribution in [0.3, 0.4) is 0 Å². The van der Waals surface area contributed by atoms with Gasteiger partial charge in [0, 0.05) is 41.1 Å². The second-order valence-corrected chi connectivity index (χ2v) is 7.54. The Morgan fingerprint density at radius 1 is 1.43 bits per heavy atom. The van der Waals surface area contributed by atoms with E-state index >= 15 is 0 Å². The summed E-state index contributed by atoms with van der Waals surface area (Å²) in [6.07, 6.45) is 3.45. The van der Waals surface area contributed by atoms with Crippen LogP contribution in [0.25, 0.3) is 0 Å². The Hall–Kier alpha value is -1.71. The fourth-order valence-corrected chi connectivity index (χ4v) is 3.89. The van der Waals surface area contributed by atoms with E-state index < -0.39 is 10.8 Å². The molecule has 0 spiro atoms. The second kappa shape index (κ2) is 7.71. The molecule has 0 saturated carbocycles. The van der Waals surface area contributed by atoms with Crippen LogP contribution in [0, 0.1) is 11.3 Å². The van der Waals surface area contributed by atoms with Crippen LogP contribution in [-0.2, 0) is 15.6 Å². The van der Waals surface area contributed by atoms with E-state index in [1.54, 1.807) is 23.3 Å². The largest absolute Gasteiger partial charge is 0.311 e. The van der Waals surface area contributed by atoms with Gasteiger partial charge in [0.05, 0.1) is 17.7 Å². The van der Waals surface area contributed by atoms with Crippen LogP contribution in [0.1, 0.15) is 25.3 Å². The number of rotatable bonds is 5. The minimum absolute atomic E-state index is 0.0807. The Morgan fingerprint density at radius 3 is 2.65 bits per heavy atom. The Kier molecular flexibility index (Phi) is 5.91. The van der Waals surface area contributed by atoms with Gasteiger partial charge >= 0.3 is 0 Å². The number of anilines is 1. The molecule has 0 radical (unpaired) electrons. The van der Waals surface area contributed by atoms with E-state index in [2.05, 4.69) is 6.07 Å². The molecule has 1 aromatic rings. The number of carbonyl (C=O) groups is 1. The van der Waals surface area contributed by atoms with Gasteiger partial charge < -0.3 is 4.90 Å². The molecule has 1 aromatic carbocycles. The Bertz CT molecular complexity index is 624. The van der Waals surface area contributed by atoms with Crippen LogP contribution < -0.4 is 4.90 Å². The number of hydrogen-bond acceptors (Lipinski definition) is 4. The first-order valence-electron chi connectivity index (χ1n) is 7.77.